The third kappa shape index (κ3) is 3.06. The first-order valence-corrected chi connectivity index (χ1v) is 7.99. The minimum Gasteiger partial charge on any atom is -0.368 e. The summed E-state index contributed by atoms with van der Waals surface area (Å²) in [5.74, 6) is 0.174. The van der Waals surface area contributed by atoms with Gasteiger partial charge in [-0.05, 0) is 32.6 Å². The van der Waals surface area contributed by atoms with Crippen LogP contribution in [0.2, 0.25) is 0 Å². The molecule has 0 spiro atoms. The SMILES string of the molecule is C[C@H]1CN(C(=O)C2CCCO2)CCN1C(=O)C1CCCO1. The van der Waals surface area contributed by atoms with Gasteiger partial charge >= 0.3 is 0 Å². The van der Waals surface area contributed by atoms with E-state index in [1.807, 2.05) is 16.7 Å². The molecule has 0 N–H and O–H groups in total. The van der Waals surface area contributed by atoms with Gasteiger partial charge in [0.1, 0.15) is 12.2 Å². The van der Waals surface area contributed by atoms with Crippen molar-refractivity contribution in [1.29, 1.82) is 0 Å². The van der Waals surface area contributed by atoms with Crippen LogP contribution in [0.1, 0.15) is 32.6 Å². The van der Waals surface area contributed by atoms with Gasteiger partial charge in [0, 0.05) is 38.9 Å². The summed E-state index contributed by atoms with van der Waals surface area (Å²) in [7, 11) is 0. The van der Waals surface area contributed by atoms with Gasteiger partial charge in [-0.25, -0.2) is 0 Å². The molecule has 6 nitrogen and oxygen atoms in total. The molecule has 3 fully saturated rings. The average molecular weight is 296 g/mol. The smallest absolute Gasteiger partial charge is 0.252 e. The van der Waals surface area contributed by atoms with E-state index in [1.54, 1.807) is 0 Å². The predicted molar refractivity (Wildman–Crippen MR) is 75.7 cm³/mol. The molecule has 3 rings (SSSR count). The van der Waals surface area contributed by atoms with Crippen LogP contribution in [0.3, 0.4) is 0 Å². The first-order valence-electron chi connectivity index (χ1n) is 7.99. The van der Waals surface area contributed by atoms with Crippen LogP contribution in [-0.2, 0) is 19.1 Å². The van der Waals surface area contributed by atoms with Gasteiger partial charge in [0.15, 0.2) is 0 Å². The largest absolute Gasteiger partial charge is 0.368 e. The summed E-state index contributed by atoms with van der Waals surface area (Å²) in [5.41, 5.74) is 0. The number of piperazine rings is 1. The Balaban J connectivity index is 1.56. The van der Waals surface area contributed by atoms with E-state index in [2.05, 4.69) is 0 Å². The van der Waals surface area contributed by atoms with E-state index in [-0.39, 0.29) is 30.1 Å². The quantitative estimate of drug-likeness (QED) is 0.740. The van der Waals surface area contributed by atoms with Gasteiger partial charge in [0.25, 0.3) is 11.8 Å². The van der Waals surface area contributed by atoms with E-state index >= 15 is 0 Å². The van der Waals surface area contributed by atoms with Crippen molar-refractivity contribution in [1.82, 2.24) is 9.80 Å². The number of nitrogens with zero attached hydrogens (tertiary/aromatic N) is 2. The molecule has 0 aliphatic carbocycles. The molecule has 3 atom stereocenters. The van der Waals surface area contributed by atoms with E-state index < -0.39 is 0 Å². The van der Waals surface area contributed by atoms with Crippen LogP contribution in [0.25, 0.3) is 0 Å². The highest BCUT2D eigenvalue weighted by molar-refractivity contribution is 5.83. The minimum atomic E-state index is -0.270. The summed E-state index contributed by atoms with van der Waals surface area (Å²) in [4.78, 5) is 28.5. The molecule has 6 heteroatoms. The second-order valence-corrected chi connectivity index (χ2v) is 6.17. The Morgan fingerprint density at radius 3 is 2.10 bits per heavy atom. The number of amides is 2. The number of hydrogen-bond acceptors (Lipinski definition) is 4. The number of rotatable bonds is 2. The van der Waals surface area contributed by atoms with Gasteiger partial charge < -0.3 is 19.3 Å². The number of carbonyl (C=O) groups is 2. The molecule has 118 valence electrons. The normalized spacial score (nSPS) is 33.5. The van der Waals surface area contributed by atoms with E-state index in [9.17, 15) is 9.59 Å². The van der Waals surface area contributed by atoms with Crippen LogP contribution >= 0.6 is 0 Å². The number of carbonyl (C=O) groups excluding carboxylic acids is 2. The van der Waals surface area contributed by atoms with Crippen molar-refractivity contribution in [2.75, 3.05) is 32.8 Å². The van der Waals surface area contributed by atoms with Gasteiger partial charge in [0.05, 0.1) is 0 Å². The lowest BCUT2D eigenvalue weighted by Crippen LogP contribution is -2.58. The van der Waals surface area contributed by atoms with Crippen molar-refractivity contribution >= 4 is 11.8 Å². The highest BCUT2D eigenvalue weighted by atomic mass is 16.5. The maximum Gasteiger partial charge on any atom is 0.252 e. The Hall–Kier alpha value is -1.14. The summed E-state index contributed by atoms with van der Waals surface area (Å²) < 4.78 is 10.9. The van der Waals surface area contributed by atoms with E-state index in [4.69, 9.17) is 9.47 Å². The molecular formula is C15H24N2O4. The zero-order chi connectivity index (χ0) is 14.8. The zero-order valence-corrected chi connectivity index (χ0v) is 12.6. The van der Waals surface area contributed by atoms with Gasteiger partial charge in [-0.1, -0.05) is 0 Å². The Morgan fingerprint density at radius 1 is 0.952 bits per heavy atom. The third-order valence-corrected chi connectivity index (χ3v) is 4.63. The van der Waals surface area contributed by atoms with Crippen molar-refractivity contribution < 1.29 is 19.1 Å². The van der Waals surface area contributed by atoms with E-state index in [0.29, 0.717) is 32.8 Å². The molecule has 3 heterocycles. The zero-order valence-electron chi connectivity index (χ0n) is 12.6. The van der Waals surface area contributed by atoms with E-state index in [1.165, 1.54) is 0 Å². The van der Waals surface area contributed by atoms with Crippen molar-refractivity contribution in [3.05, 3.63) is 0 Å². The molecular weight excluding hydrogens is 272 g/mol. The Kier molecular flexibility index (Phi) is 4.45. The minimum absolute atomic E-state index is 0.0424. The Morgan fingerprint density at radius 2 is 1.57 bits per heavy atom. The van der Waals surface area contributed by atoms with Crippen LogP contribution in [-0.4, -0.2) is 72.7 Å². The maximum absolute atomic E-state index is 12.4. The second kappa shape index (κ2) is 6.32. The fourth-order valence-electron chi connectivity index (χ4n) is 3.42. The number of ether oxygens (including phenoxy) is 2. The first-order chi connectivity index (χ1) is 10.2. The topological polar surface area (TPSA) is 59.1 Å². The third-order valence-electron chi connectivity index (χ3n) is 4.63. The monoisotopic (exact) mass is 296 g/mol. The summed E-state index contributed by atoms with van der Waals surface area (Å²) in [5, 5.41) is 0. The Labute approximate surface area is 125 Å². The maximum atomic E-state index is 12.4. The lowest BCUT2D eigenvalue weighted by atomic mass is 10.1. The fraction of sp³-hybridized carbons (Fsp3) is 0.867. The van der Waals surface area contributed by atoms with Gasteiger partial charge in [-0.3, -0.25) is 9.59 Å². The van der Waals surface area contributed by atoms with E-state index in [0.717, 1.165) is 25.7 Å². The molecule has 3 aliphatic heterocycles. The molecule has 2 amide bonds. The second-order valence-electron chi connectivity index (χ2n) is 6.17. The summed E-state index contributed by atoms with van der Waals surface area (Å²) in [6, 6.07) is 0.0424. The van der Waals surface area contributed by atoms with Gasteiger partial charge in [-0.2, -0.15) is 0 Å². The van der Waals surface area contributed by atoms with Crippen molar-refractivity contribution in [3.63, 3.8) is 0 Å². The molecule has 0 aromatic rings. The molecule has 2 unspecified atom stereocenters. The van der Waals surface area contributed by atoms with Crippen molar-refractivity contribution in [2.24, 2.45) is 0 Å². The van der Waals surface area contributed by atoms with Crippen LogP contribution in [0.5, 0.6) is 0 Å². The summed E-state index contributed by atoms with van der Waals surface area (Å²) in [6.07, 6.45) is 3.03. The summed E-state index contributed by atoms with van der Waals surface area (Å²) in [6.45, 7) is 5.16. The van der Waals surface area contributed by atoms with Crippen LogP contribution in [0.15, 0.2) is 0 Å². The average Bonchev–Trinajstić information content (AvgIpc) is 3.18. The van der Waals surface area contributed by atoms with Gasteiger partial charge in [0.2, 0.25) is 0 Å². The van der Waals surface area contributed by atoms with Crippen molar-refractivity contribution in [2.45, 2.75) is 50.9 Å². The fourth-order valence-corrected chi connectivity index (χ4v) is 3.42. The molecule has 21 heavy (non-hydrogen) atoms. The van der Waals surface area contributed by atoms with Crippen LogP contribution < -0.4 is 0 Å². The van der Waals surface area contributed by atoms with Crippen LogP contribution in [0.4, 0.5) is 0 Å². The molecule has 3 saturated heterocycles. The molecule has 0 aromatic carbocycles. The predicted octanol–water partition coefficient (Wildman–Crippen LogP) is 0.404. The number of hydrogen-bond donors (Lipinski definition) is 0. The molecule has 0 radical (unpaired) electrons. The Bertz CT molecular complexity index is 402. The summed E-state index contributed by atoms with van der Waals surface area (Å²) >= 11 is 0. The highest BCUT2D eigenvalue weighted by Crippen LogP contribution is 2.21. The van der Waals surface area contributed by atoms with Gasteiger partial charge in [-0.15, -0.1) is 0 Å². The standard InChI is InChI=1S/C15H24N2O4/c1-11-10-16(14(18)12-4-2-8-20-12)6-7-17(11)15(19)13-5-3-9-21-13/h11-13H,2-10H2,1H3/t11-,12?,13?/m0/s1. The lowest BCUT2D eigenvalue weighted by Gasteiger charge is -2.41. The first kappa shape index (κ1) is 14.8. The molecule has 0 bridgehead atoms. The highest BCUT2D eigenvalue weighted by Gasteiger charge is 2.37. The molecule has 3 aliphatic rings. The lowest BCUT2D eigenvalue weighted by molar-refractivity contribution is -0.152. The molecule has 0 saturated carbocycles. The van der Waals surface area contributed by atoms with Crippen molar-refractivity contribution in [3.8, 4) is 0 Å². The van der Waals surface area contributed by atoms with Crippen LogP contribution in [0, 0.1) is 0 Å². The molecule has 0 aromatic heterocycles.